The molecule has 0 amide bonds. The predicted molar refractivity (Wildman–Crippen MR) is 90.4 cm³/mol. The molecule has 0 atom stereocenters. The predicted octanol–water partition coefficient (Wildman–Crippen LogP) is 4.68. The molecule has 1 N–H and O–H groups in total. The number of benzene rings is 1. The highest BCUT2D eigenvalue weighted by Crippen LogP contribution is 2.32. The Labute approximate surface area is 138 Å². The quantitative estimate of drug-likeness (QED) is 0.358. The number of unbranched alkanes of at least 4 members (excludes halogenated alkanes) is 2. The molecule has 0 spiro atoms. The fraction of sp³-hybridized carbons (Fsp3) is 0.579. The lowest BCUT2D eigenvalue weighted by molar-refractivity contribution is -0.140. The van der Waals surface area contributed by atoms with Gasteiger partial charge in [0.1, 0.15) is 5.75 Å². The molecule has 1 aliphatic rings. The first-order valence-corrected chi connectivity index (χ1v) is 8.55. The summed E-state index contributed by atoms with van der Waals surface area (Å²) in [6, 6.07) is 9.40. The summed E-state index contributed by atoms with van der Waals surface area (Å²) in [6.07, 6.45) is 9.71. The highest BCUT2D eigenvalue weighted by Gasteiger charge is 2.27. The molecule has 2 rings (SSSR count). The molecule has 0 heterocycles. The number of ether oxygens (including phenoxy) is 1. The van der Waals surface area contributed by atoms with Crippen molar-refractivity contribution in [2.24, 2.45) is 11.8 Å². The molecule has 1 aromatic carbocycles. The van der Waals surface area contributed by atoms with E-state index >= 15 is 0 Å². The van der Waals surface area contributed by atoms with Crippen LogP contribution in [0, 0.1) is 11.8 Å². The van der Waals surface area contributed by atoms with Gasteiger partial charge in [0.05, 0.1) is 5.92 Å². The molecule has 0 aromatic heterocycles. The van der Waals surface area contributed by atoms with Gasteiger partial charge in [0.2, 0.25) is 0 Å². The van der Waals surface area contributed by atoms with Gasteiger partial charge in [-0.3, -0.25) is 9.59 Å². The number of carboxylic acid groups (broad SMARTS) is 1. The minimum absolute atomic E-state index is 0.0387. The van der Waals surface area contributed by atoms with Crippen molar-refractivity contribution in [3.63, 3.8) is 0 Å². The molecule has 0 aliphatic heterocycles. The first kappa shape index (κ1) is 19.2. The zero-order valence-corrected chi connectivity index (χ0v) is 13.9. The van der Waals surface area contributed by atoms with Gasteiger partial charge in [0.25, 0.3) is 6.47 Å². The zero-order chi connectivity index (χ0) is 16.9. The van der Waals surface area contributed by atoms with E-state index in [1.165, 1.54) is 38.5 Å². The van der Waals surface area contributed by atoms with Crippen LogP contribution >= 0.6 is 0 Å². The maximum Gasteiger partial charge on any atom is 0.314 e. The maximum absolute atomic E-state index is 12.1. The third kappa shape index (κ3) is 7.82. The zero-order valence-electron chi connectivity index (χ0n) is 13.9. The highest BCUT2D eigenvalue weighted by molar-refractivity contribution is 5.75. The Hall–Kier alpha value is -1.84. The van der Waals surface area contributed by atoms with Crippen LogP contribution in [0.3, 0.4) is 0 Å². The minimum Gasteiger partial charge on any atom is -0.483 e. The lowest BCUT2D eigenvalue weighted by Crippen LogP contribution is -2.25. The maximum atomic E-state index is 12.1. The molecular weight excluding hydrogens is 292 g/mol. The average Bonchev–Trinajstić information content (AvgIpc) is 2.57. The van der Waals surface area contributed by atoms with Crippen molar-refractivity contribution in [3.8, 4) is 5.75 Å². The number of carbonyl (C=O) groups excluding carboxylic acids is 1. The van der Waals surface area contributed by atoms with Crippen LogP contribution in [0.15, 0.2) is 30.3 Å². The third-order valence-electron chi connectivity index (χ3n) is 4.36. The van der Waals surface area contributed by atoms with Gasteiger partial charge < -0.3 is 9.84 Å². The highest BCUT2D eigenvalue weighted by atomic mass is 16.5. The topological polar surface area (TPSA) is 63.6 Å². The summed E-state index contributed by atoms with van der Waals surface area (Å²) in [5, 5.41) is 6.89. The van der Waals surface area contributed by atoms with Crippen molar-refractivity contribution in [2.45, 2.75) is 58.3 Å². The molecule has 0 unspecified atom stereocenters. The van der Waals surface area contributed by atoms with E-state index in [4.69, 9.17) is 14.6 Å². The Morgan fingerprint density at radius 3 is 2.35 bits per heavy atom. The Morgan fingerprint density at radius 1 is 1.17 bits per heavy atom. The van der Waals surface area contributed by atoms with Crippen LogP contribution in [0.25, 0.3) is 0 Å². The second kappa shape index (κ2) is 11.7. The molecule has 4 heteroatoms. The summed E-state index contributed by atoms with van der Waals surface area (Å²) in [5.74, 6) is 1.57. The monoisotopic (exact) mass is 320 g/mol. The molecule has 0 bridgehead atoms. The lowest BCUT2D eigenvalue weighted by atomic mass is 9.80. The Morgan fingerprint density at radius 2 is 1.78 bits per heavy atom. The lowest BCUT2D eigenvalue weighted by Gasteiger charge is -2.27. The largest absolute Gasteiger partial charge is 0.483 e. The number of hydrogen-bond acceptors (Lipinski definition) is 3. The molecule has 1 aliphatic carbocycles. The second-order valence-electron chi connectivity index (χ2n) is 6.05. The van der Waals surface area contributed by atoms with Gasteiger partial charge in [-0.05, 0) is 43.7 Å². The summed E-state index contributed by atoms with van der Waals surface area (Å²) in [6.45, 7) is 2.00. The molecule has 1 fully saturated rings. The van der Waals surface area contributed by atoms with Crippen LogP contribution in [0.2, 0.25) is 0 Å². The molecule has 23 heavy (non-hydrogen) atoms. The van der Waals surface area contributed by atoms with Gasteiger partial charge in [0.15, 0.2) is 0 Å². The van der Waals surface area contributed by atoms with Crippen LogP contribution in [-0.2, 0) is 9.59 Å². The molecular formula is C19H28O4. The van der Waals surface area contributed by atoms with E-state index in [1.807, 2.05) is 30.3 Å². The summed E-state index contributed by atoms with van der Waals surface area (Å²) in [4.78, 5) is 20.5. The van der Waals surface area contributed by atoms with Gasteiger partial charge in [-0.25, -0.2) is 0 Å². The van der Waals surface area contributed by atoms with Gasteiger partial charge >= 0.3 is 5.97 Å². The Balaban J connectivity index is 0.000000816. The fourth-order valence-electron chi connectivity index (χ4n) is 3.06. The average molecular weight is 320 g/mol. The van der Waals surface area contributed by atoms with Crippen molar-refractivity contribution in [1.82, 2.24) is 0 Å². The Bertz CT molecular complexity index is 436. The number of carbonyl (C=O) groups is 2. The van der Waals surface area contributed by atoms with Gasteiger partial charge in [0, 0.05) is 0 Å². The summed E-state index contributed by atoms with van der Waals surface area (Å²) in [7, 11) is 0. The summed E-state index contributed by atoms with van der Waals surface area (Å²) < 4.78 is 5.45. The summed E-state index contributed by atoms with van der Waals surface area (Å²) >= 11 is 0. The third-order valence-corrected chi connectivity index (χ3v) is 4.36. The van der Waals surface area contributed by atoms with Crippen LogP contribution in [0.5, 0.6) is 5.75 Å². The molecule has 1 saturated carbocycles. The minimum atomic E-state index is -0.250. The number of para-hydroxylation sites is 1. The van der Waals surface area contributed by atoms with E-state index in [0.717, 1.165) is 18.8 Å². The van der Waals surface area contributed by atoms with E-state index < -0.39 is 0 Å². The van der Waals surface area contributed by atoms with Crippen LogP contribution in [-0.4, -0.2) is 17.5 Å². The molecule has 128 valence electrons. The van der Waals surface area contributed by atoms with Crippen molar-refractivity contribution in [3.05, 3.63) is 30.3 Å². The fourth-order valence-corrected chi connectivity index (χ4v) is 3.06. The van der Waals surface area contributed by atoms with Crippen LogP contribution in [0.4, 0.5) is 0 Å². The van der Waals surface area contributed by atoms with E-state index in [9.17, 15) is 4.79 Å². The van der Waals surface area contributed by atoms with Crippen molar-refractivity contribution < 1.29 is 19.4 Å². The number of esters is 1. The Kier molecular flexibility index (Phi) is 9.76. The van der Waals surface area contributed by atoms with Gasteiger partial charge in [-0.2, -0.15) is 0 Å². The van der Waals surface area contributed by atoms with Crippen molar-refractivity contribution in [2.75, 3.05) is 0 Å². The second-order valence-corrected chi connectivity index (χ2v) is 6.05. The smallest absolute Gasteiger partial charge is 0.314 e. The van der Waals surface area contributed by atoms with E-state index in [-0.39, 0.29) is 18.4 Å². The van der Waals surface area contributed by atoms with Crippen molar-refractivity contribution >= 4 is 12.4 Å². The first-order valence-electron chi connectivity index (χ1n) is 8.55. The van der Waals surface area contributed by atoms with Gasteiger partial charge in [-0.1, -0.05) is 50.8 Å². The normalized spacial score (nSPS) is 20.0. The number of rotatable bonds is 6. The van der Waals surface area contributed by atoms with Crippen LogP contribution < -0.4 is 4.74 Å². The molecule has 1 aromatic rings. The SMILES string of the molecule is CCCCCC1CCC(C(=O)Oc2ccccc2)CC1.O=CO. The van der Waals surface area contributed by atoms with E-state index in [2.05, 4.69) is 6.92 Å². The van der Waals surface area contributed by atoms with Crippen LogP contribution in [0.1, 0.15) is 58.3 Å². The molecule has 0 radical (unpaired) electrons. The van der Waals surface area contributed by atoms with E-state index in [1.54, 1.807) is 0 Å². The standard InChI is InChI=1S/C18H26O2.CH2O2/c1-2-3-5-8-15-11-13-16(14-12-15)18(19)20-17-9-6-4-7-10-17;2-1-3/h4,6-7,9-10,15-16H,2-3,5,8,11-14H2,1H3;1H,(H,2,3). The summed E-state index contributed by atoms with van der Waals surface area (Å²) in [5.41, 5.74) is 0. The first-order chi connectivity index (χ1) is 11.2. The van der Waals surface area contributed by atoms with Gasteiger partial charge in [-0.15, -0.1) is 0 Å². The van der Waals surface area contributed by atoms with Crippen molar-refractivity contribution in [1.29, 1.82) is 0 Å². The number of hydrogen-bond donors (Lipinski definition) is 1. The molecule has 0 saturated heterocycles. The molecule has 4 nitrogen and oxygen atoms in total. The van der Waals surface area contributed by atoms with E-state index in [0.29, 0.717) is 5.75 Å².